The molecule has 0 spiro atoms. The summed E-state index contributed by atoms with van der Waals surface area (Å²) in [5.74, 6) is 0. The van der Waals surface area contributed by atoms with Gasteiger partial charge in [0, 0.05) is 33.3 Å². The minimum atomic E-state index is 1.08. The van der Waals surface area contributed by atoms with Gasteiger partial charge in [-0.1, -0.05) is 212 Å². The van der Waals surface area contributed by atoms with Crippen LogP contribution in [0.1, 0.15) is 0 Å². The van der Waals surface area contributed by atoms with E-state index in [1.165, 1.54) is 55.3 Å². The summed E-state index contributed by atoms with van der Waals surface area (Å²) < 4.78 is 2.51. The quantitative estimate of drug-likeness (QED) is 0.141. The summed E-state index contributed by atoms with van der Waals surface area (Å²) in [6.07, 6.45) is 0. The monoisotopic (exact) mass is 790 g/mol. The van der Waals surface area contributed by atoms with E-state index >= 15 is 0 Å². The van der Waals surface area contributed by atoms with Crippen molar-refractivity contribution < 1.29 is 0 Å². The van der Waals surface area contributed by atoms with Crippen LogP contribution in [-0.4, -0.2) is 4.57 Å². The third-order valence-corrected chi connectivity index (χ3v) is 12.0. The van der Waals surface area contributed by atoms with E-state index in [1.807, 2.05) is 0 Å². The Bertz CT molecular complexity index is 3330. The minimum Gasteiger partial charge on any atom is -0.310 e. The molecule has 0 aliphatic heterocycles. The topological polar surface area (TPSA) is 8.17 Å². The van der Waals surface area contributed by atoms with E-state index in [1.54, 1.807) is 0 Å². The highest BCUT2D eigenvalue weighted by molar-refractivity contribution is 6.11. The van der Waals surface area contributed by atoms with Crippen molar-refractivity contribution in [3.05, 3.63) is 255 Å². The standard InChI is InChI=1S/C60H42N2/c1-5-21-43(22-6-1)49-29-13-14-31-51(49)46-37-39-55(53-33-16-15-30-50(53)44-23-7-2-8-24-44)59(41-46)62-58-36-20-18-34-54(58)56-40-38-48(42-60(56)62)61(47-27-11-4-12-28-47)57-35-19-17-32-52(57)45-25-9-3-10-26-45/h1-42H. The highest BCUT2D eigenvalue weighted by atomic mass is 15.1. The van der Waals surface area contributed by atoms with Crippen molar-refractivity contribution >= 4 is 38.9 Å². The van der Waals surface area contributed by atoms with E-state index in [9.17, 15) is 0 Å². The van der Waals surface area contributed by atoms with Crippen molar-refractivity contribution in [2.45, 2.75) is 0 Å². The Hall–Kier alpha value is -8.20. The molecule has 0 aliphatic rings. The predicted octanol–water partition coefficient (Wildman–Crippen LogP) is 16.6. The lowest BCUT2D eigenvalue weighted by Gasteiger charge is -2.28. The molecule has 0 atom stereocenters. The molecular formula is C60H42N2. The smallest absolute Gasteiger partial charge is 0.0562 e. The van der Waals surface area contributed by atoms with Gasteiger partial charge in [0.1, 0.15) is 0 Å². The summed E-state index contributed by atoms with van der Waals surface area (Å²) in [6.45, 7) is 0. The summed E-state index contributed by atoms with van der Waals surface area (Å²) in [4.78, 5) is 2.40. The lowest BCUT2D eigenvalue weighted by molar-refractivity contribution is 1.18. The van der Waals surface area contributed by atoms with Gasteiger partial charge in [0.05, 0.1) is 22.4 Å². The Labute approximate surface area is 362 Å². The summed E-state index contributed by atoms with van der Waals surface area (Å²) in [6, 6.07) is 92.2. The maximum absolute atomic E-state index is 2.51. The second-order valence-electron chi connectivity index (χ2n) is 15.7. The molecular weight excluding hydrogens is 749 g/mol. The van der Waals surface area contributed by atoms with Crippen LogP contribution < -0.4 is 4.90 Å². The van der Waals surface area contributed by atoms with Crippen LogP contribution >= 0.6 is 0 Å². The second-order valence-corrected chi connectivity index (χ2v) is 15.7. The SMILES string of the molecule is c1ccc(-c2ccccc2-c2ccc(-c3ccccc3-c3ccccc3)c(-n3c4ccccc4c4ccc(N(c5ccccc5)c5ccccc5-c5ccccc5)cc43)c2)cc1. The van der Waals surface area contributed by atoms with Gasteiger partial charge in [0.2, 0.25) is 0 Å². The number of nitrogens with zero attached hydrogens (tertiary/aromatic N) is 2. The molecule has 0 saturated carbocycles. The molecule has 0 aliphatic carbocycles. The lowest BCUT2D eigenvalue weighted by atomic mass is 9.90. The van der Waals surface area contributed by atoms with Crippen LogP contribution in [0, 0.1) is 0 Å². The van der Waals surface area contributed by atoms with E-state index in [0.29, 0.717) is 0 Å². The largest absolute Gasteiger partial charge is 0.310 e. The molecule has 0 bridgehead atoms. The van der Waals surface area contributed by atoms with Gasteiger partial charge in [-0.05, 0) is 87.0 Å². The maximum atomic E-state index is 2.51. The van der Waals surface area contributed by atoms with E-state index in [-0.39, 0.29) is 0 Å². The molecule has 2 heteroatoms. The zero-order valence-electron chi connectivity index (χ0n) is 34.1. The number of hydrogen-bond donors (Lipinski definition) is 0. The van der Waals surface area contributed by atoms with Crippen molar-refractivity contribution in [1.29, 1.82) is 0 Å². The van der Waals surface area contributed by atoms with Gasteiger partial charge in [-0.3, -0.25) is 0 Å². The van der Waals surface area contributed by atoms with Crippen molar-refractivity contribution in [3.63, 3.8) is 0 Å². The fraction of sp³-hybridized carbons (Fsp3) is 0. The first-order valence-corrected chi connectivity index (χ1v) is 21.3. The number of aromatic nitrogens is 1. The Kier molecular flexibility index (Phi) is 9.57. The Morgan fingerprint density at radius 1 is 0.258 bits per heavy atom. The lowest BCUT2D eigenvalue weighted by Crippen LogP contribution is -2.11. The van der Waals surface area contributed by atoms with Crippen LogP contribution in [0.25, 0.3) is 83.1 Å². The molecule has 1 heterocycles. The van der Waals surface area contributed by atoms with Gasteiger partial charge in [-0.25, -0.2) is 0 Å². The fourth-order valence-corrected chi connectivity index (χ4v) is 9.20. The first kappa shape index (κ1) is 36.8. The summed E-state index contributed by atoms with van der Waals surface area (Å²) in [5, 5.41) is 2.41. The molecule has 0 radical (unpaired) electrons. The number of rotatable bonds is 9. The molecule has 10 aromatic carbocycles. The average molecular weight is 791 g/mol. The molecule has 11 rings (SSSR count). The molecule has 2 nitrogen and oxygen atoms in total. The molecule has 0 saturated heterocycles. The van der Waals surface area contributed by atoms with Gasteiger partial charge < -0.3 is 9.47 Å². The highest BCUT2D eigenvalue weighted by Crippen LogP contribution is 2.46. The molecule has 0 fully saturated rings. The maximum Gasteiger partial charge on any atom is 0.0562 e. The van der Waals surface area contributed by atoms with E-state index in [0.717, 1.165) is 44.9 Å². The van der Waals surface area contributed by atoms with Gasteiger partial charge in [-0.2, -0.15) is 0 Å². The summed E-state index contributed by atoms with van der Waals surface area (Å²) >= 11 is 0. The van der Waals surface area contributed by atoms with Crippen LogP contribution in [-0.2, 0) is 0 Å². The van der Waals surface area contributed by atoms with Gasteiger partial charge in [-0.15, -0.1) is 0 Å². The van der Waals surface area contributed by atoms with Gasteiger partial charge in [0.15, 0.2) is 0 Å². The number of hydrogen-bond acceptors (Lipinski definition) is 1. The molecule has 0 N–H and O–H groups in total. The van der Waals surface area contributed by atoms with Gasteiger partial charge >= 0.3 is 0 Å². The van der Waals surface area contributed by atoms with Gasteiger partial charge in [0.25, 0.3) is 0 Å². The number of fused-ring (bicyclic) bond motifs is 3. The second kappa shape index (κ2) is 16.1. The molecule has 62 heavy (non-hydrogen) atoms. The van der Waals surface area contributed by atoms with Crippen LogP contribution in [0.5, 0.6) is 0 Å². The average Bonchev–Trinajstić information content (AvgIpc) is 3.69. The molecule has 1 aromatic heterocycles. The van der Waals surface area contributed by atoms with E-state index in [2.05, 4.69) is 264 Å². The first-order chi connectivity index (χ1) is 30.8. The molecule has 0 unspecified atom stereocenters. The van der Waals surface area contributed by atoms with E-state index in [4.69, 9.17) is 0 Å². The Morgan fingerprint density at radius 3 is 1.37 bits per heavy atom. The minimum absolute atomic E-state index is 1.08. The van der Waals surface area contributed by atoms with Crippen LogP contribution in [0.3, 0.4) is 0 Å². The van der Waals surface area contributed by atoms with E-state index < -0.39 is 0 Å². The van der Waals surface area contributed by atoms with Crippen molar-refractivity contribution in [1.82, 2.24) is 4.57 Å². The number of benzene rings is 10. The third-order valence-electron chi connectivity index (χ3n) is 12.0. The zero-order valence-corrected chi connectivity index (χ0v) is 34.1. The van der Waals surface area contributed by atoms with Crippen LogP contribution in [0.15, 0.2) is 255 Å². The molecule has 0 amide bonds. The summed E-state index contributed by atoms with van der Waals surface area (Å²) in [7, 11) is 0. The number of anilines is 3. The number of para-hydroxylation sites is 3. The Morgan fingerprint density at radius 2 is 0.726 bits per heavy atom. The van der Waals surface area contributed by atoms with Crippen molar-refractivity contribution in [2.24, 2.45) is 0 Å². The highest BCUT2D eigenvalue weighted by Gasteiger charge is 2.22. The third kappa shape index (κ3) is 6.65. The predicted molar refractivity (Wildman–Crippen MR) is 263 cm³/mol. The molecule has 292 valence electrons. The van der Waals surface area contributed by atoms with Crippen molar-refractivity contribution in [2.75, 3.05) is 4.90 Å². The normalized spacial score (nSPS) is 11.2. The van der Waals surface area contributed by atoms with Crippen LogP contribution in [0.4, 0.5) is 17.1 Å². The van der Waals surface area contributed by atoms with Crippen LogP contribution in [0.2, 0.25) is 0 Å². The first-order valence-electron chi connectivity index (χ1n) is 21.3. The zero-order chi connectivity index (χ0) is 41.2. The Balaban J connectivity index is 1.21. The fourth-order valence-electron chi connectivity index (χ4n) is 9.20. The van der Waals surface area contributed by atoms with Crippen molar-refractivity contribution in [3.8, 4) is 61.3 Å². The molecule has 11 aromatic rings. The summed E-state index contributed by atoms with van der Waals surface area (Å²) in [5.41, 5.74) is 18.5.